The van der Waals surface area contributed by atoms with Gasteiger partial charge in [0.05, 0.1) is 10.6 Å². The summed E-state index contributed by atoms with van der Waals surface area (Å²) in [6.07, 6.45) is 4.38. The van der Waals surface area contributed by atoms with Crippen LogP contribution in [0.2, 0.25) is 5.02 Å². The number of benzene rings is 1. The van der Waals surface area contributed by atoms with Gasteiger partial charge < -0.3 is 16.0 Å². The molecule has 7 heteroatoms. The van der Waals surface area contributed by atoms with Crippen molar-refractivity contribution in [2.24, 2.45) is 5.73 Å². The maximum Gasteiger partial charge on any atom is 0.255 e. The van der Waals surface area contributed by atoms with Gasteiger partial charge >= 0.3 is 0 Å². The molecule has 0 aromatic heterocycles. The van der Waals surface area contributed by atoms with Gasteiger partial charge in [0.15, 0.2) is 0 Å². The van der Waals surface area contributed by atoms with E-state index < -0.39 is 0 Å². The minimum atomic E-state index is -0.0946. The summed E-state index contributed by atoms with van der Waals surface area (Å²) in [4.78, 5) is 26.0. The van der Waals surface area contributed by atoms with Crippen LogP contribution in [0.5, 0.6) is 0 Å². The number of hydrogen-bond donors (Lipinski definition) is 2. The summed E-state index contributed by atoms with van der Waals surface area (Å²) in [7, 11) is 0. The van der Waals surface area contributed by atoms with Crippen molar-refractivity contribution in [2.75, 3.05) is 25.0 Å². The Morgan fingerprint density at radius 2 is 1.76 bits per heavy atom. The number of unbranched alkanes of at least 4 members (excludes halogenated alkanes) is 3. The summed E-state index contributed by atoms with van der Waals surface area (Å²) in [6.45, 7) is 5.82. The normalized spacial score (nSPS) is 10.1. The predicted octanol–water partition coefficient (Wildman–Crippen LogP) is 4.09. The van der Waals surface area contributed by atoms with E-state index >= 15 is 0 Å². The van der Waals surface area contributed by atoms with Gasteiger partial charge in [-0.15, -0.1) is 12.4 Å². The number of nitrogens with two attached hydrogens (primary N) is 1. The molecule has 0 bridgehead atoms. The largest absolute Gasteiger partial charge is 0.339 e. The molecule has 5 nitrogen and oxygen atoms in total. The number of hydrogen-bond acceptors (Lipinski definition) is 3. The maximum atomic E-state index is 12.3. The Bertz CT molecular complexity index is 549. The van der Waals surface area contributed by atoms with Crippen LogP contribution in [0.15, 0.2) is 18.2 Å². The summed E-state index contributed by atoms with van der Waals surface area (Å²) in [5.74, 6) is -0.135. The average Bonchev–Trinajstić information content (AvgIpc) is 2.55. The van der Waals surface area contributed by atoms with E-state index in [1.807, 2.05) is 13.8 Å². The number of rotatable bonds is 10. The SMILES string of the molecule is CCN(CC)C(=O)c1ccc(NC(=O)CCCCCCN)cc1Cl.Cl. The molecule has 3 N–H and O–H groups in total. The molecular formula is C18H29Cl2N3O2. The second-order valence-corrected chi connectivity index (χ2v) is 6.08. The Kier molecular flexibility index (Phi) is 12.3. The first-order chi connectivity index (χ1) is 11.5. The van der Waals surface area contributed by atoms with Crippen molar-refractivity contribution >= 4 is 41.5 Å². The van der Waals surface area contributed by atoms with Gasteiger partial charge in [0.1, 0.15) is 0 Å². The molecule has 0 heterocycles. The summed E-state index contributed by atoms with van der Waals surface area (Å²) >= 11 is 6.22. The first kappa shape index (κ1) is 23.7. The van der Waals surface area contributed by atoms with Crippen LogP contribution in [0.3, 0.4) is 0 Å². The van der Waals surface area contributed by atoms with Crippen molar-refractivity contribution in [3.05, 3.63) is 28.8 Å². The highest BCUT2D eigenvalue weighted by Crippen LogP contribution is 2.22. The lowest BCUT2D eigenvalue weighted by molar-refractivity contribution is -0.116. The molecule has 0 spiro atoms. The van der Waals surface area contributed by atoms with Crippen molar-refractivity contribution in [3.8, 4) is 0 Å². The lowest BCUT2D eigenvalue weighted by Gasteiger charge is -2.19. The van der Waals surface area contributed by atoms with Gasteiger partial charge in [-0.25, -0.2) is 0 Å². The van der Waals surface area contributed by atoms with Gasteiger partial charge in [0.25, 0.3) is 5.91 Å². The van der Waals surface area contributed by atoms with Gasteiger partial charge in [-0.3, -0.25) is 9.59 Å². The molecule has 2 amide bonds. The summed E-state index contributed by atoms with van der Waals surface area (Å²) in [5, 5.41) is 3.18. The van der Waals surface area contributed by atoms with Crippen LogP contribution in [0.4, 0.5) is 5.69 Å². The summed E-state index contributed by atoms with van der Waals surface area (Å²) in [6, 6.07) is 5.01. The third-order valence-corrected chi connectivity index (χ3v) is 4.20. The number of carbonyl (C=O) groups excluding carboxylic acids is 2. The van der Waals surface area contributed by atoms with Crippen LogP contribution < -0.4 is 11.1 Å². The van der Waals surface area contributed by atoms with E-state index in [-0.39, 0.29) is 24.2 Å². The Morgan fingerprint density at radius 1 is 1.12 bits per heavy atom. The standard InChI is InChI=1S/C18H28ClN3O2.ClH/c1-3-22(4-2)18(24)15-11-10-14(13-16(15)19)21-17(23)9-7-5-6-8-12-20;/h10-11,13H,3-9,12,20H2,1-2H3,(H,21,23);1H. The highest BCUT2D eigenvalue weighted by molar-refractivity contribution is 6.34. The first-order valence-electron chi connectivity index (χ1n) is 8.62. The van der Waals surface area contributed by atoms with E-state index in [4.69, 9.17) is 17.3 Å². The lowest BCUT2D eigenvalue weighted by atomic mass is 10.1. The zero-order valence-electron chi connectivity index (χ0n) is 15.0. The van der Waals surface area contributed by atoms with Crippen LogP contribution >= 0.6 is 24.0 Å². The monoisotopic (exact) mass is 389 g/mol. The Labute approximate surface area is 161 Å². The van der Waals surface area contributed by atoms with Crippen molar-refractivity contribution in [1.29, 1.82) is 0 Å². The minimum Gasteiger partial charge on any atom is -0.339 e. The van der Waals surface area contributed by atoms with E-state index in [9.17, 15) is 9.59 Å². The topological polar surface area (TPSA) is 75.4 Å². The molecule has 0 atom stereocenters. The number of amides is 2. The van der Waals surface area contributed by atoms with Crippen molar-refractivity contribution in [3.63, 3.8) is 0 Å². The van der Waals surface area contributed by atoms with Crippen molar-refractivity contribution in [2.45, 2.75) is 46.0 Å². The fourth-order valence-electron chi connectivity index (χ4n) is 2.45. The molecule has 1 rings (SSSR count). The molecule has 0 unspecified atom stereocenters. The molecule has 1 aromatic rings. The van der Waals surface area contributed by atoms with E-state index in [2.05, 4.69) is 5.32 Å². The third kappa shape index (κ3) is 8.08. The van der Waals surface area contributed by atoms with Crippen LogP contribution in [-0.4, -0.2) is 36.3 Å². The molecule has 0 aliphatic heterocycles. The van der Waals surface area contributed by atoms with E-state index in [1.165, 1.54) is 0 Å². The van der Waals surface area contributed by atoms with Crippen LogP contribution in [0.1, 0.15) is 56.3 Å². The second-order valence-electron chi connectivity index (χ2n) is 5.67. The molecule has 25 heavy (non-hydrogen) atoms. The fraction of sp³-hybridized carbons (Fsp3) is 0.556. The number of carbonyl (C=O) groups is 2. The Hall–Kier alpha value is -1.30. The van der Waals surface area contributed by atoms with Crippen LogP contribution in [-0.2, 0) is 4.79 Å². The third-order valence-electron chi connectivity index (χ3n) is 3.89. The molecular weight excluding hydrogens is 361 g/mol. The Balaban J connectivity index is 0.00000576. The van der Waals surface area contributed by atoms with Gasteiger partial charge in [-0.2, -0.15) is 0 Å². The van der Waals surface area contributed by atoms with E-state index in [0.717, 1.165) is 25.7 Å². The highest BCUT2D eigenvalue weighted by Gasteiger charge is 2.16. The minimum absolute atomic E-state index is 0. The van der Waals surface area contributed by atoms with Crippen molar-refractivity contribution in [1.82, 2.24) is 4.90 Å². The van der Waals surface area contributed by atoms with E-state index in [1.54, 1.807) is 23.1 Å². The number of nitrogens with one attached hydrogen (secondary N) is 1. The molecule has 1 aromatic carbocycles. The van der Waals surface area contributed by atoms with Crippen LogP contribution in [0, 0.1) is 0 Å². The number of halogens is 2. The predicted molar refractivity (Wildman–Crippen MR) is 107 cm³/mol. The molecule has 142 valence electrons. The fourth-order valence-corrected chi connectivity index (χ4v) is 2.72. The average molecular weight is 390 g/mol. The van der Waals surface area contributed by atoms with Gasteiger partial charge in [0.2, 0.25) is 5.91 Å². The molecule has 0 saturated carbocycles. The molecule has 0 fully saturated rings. The Morgan fingerprint density at radius 3 is 2.32 bits per heavy atom. The molecule has 0 radical (unpaired) electrons. The number of nitrogens with zero attached hydrogens (tertiary/aromatic N) is 1. The zero-order valence-corrected chi connectivity index (χ0v) is 16.6. The zero-order chi connectivity index (χ0) is 17.9. The number of anilines is 1. The lowest BCUT2D eigenvalue weighted by Crippen LogP contribution is -2.30. The van der Waals surface area contributed by atoms with Crippen molar-refractivity contribution < 1.29 is 9.59 Å². The van der Waals surface area contributed by atoms with Crippen LogP contribution in [0.25, 0.3) is 0 Å². The second kappa shape index (κ2) is 13.0. The van der Waals surface area contributed by atoms with Gasteiger partial charge in [-0.05, 0) is 51.4 Å². The van der Waals surface area contributed by atoms with Gasteiger partial charge in [0, 0.05) is 25.2 Å². The summed E-state index contributed by atoms with van der Waals surface area (Å²) < 4.78 is 0. The van der Waals surface area contributed by atoms with E-state index in [0.29, 0.717) is 42.3 Å². The maximum absolute atomic E-state index is 12.3. The highest BCUT2D eigenvalue weighted by atomic mass is 35.5. The molecule has 0 aliphatic rings. The quantitative estimate of drug-likeness (QED) is 0.591. The first-order valence-corrected chi connectivity index (χ1v) is 9.00. The summed E-state index contributed by atoms with van der Waals surface area (Å²) in [5.41, 5.74) is 6.51. The molecule has 0 aliphatic carbocycles. The molecule has 0 saturated heterocycles. The smallest absolute Gasteiger partial charge is 0.255 e. The van der Waals surface area contributed by atoms with Gasteiger partial charge in [-0.1, -0.05) is 24.4 Å².